The number of H-pyrrole nitrogens is 1. The number of piperidine rings is 2. The second kappa shape index (κ2) is 30.7. The topological polar surface area (TPSA) is 247 Å². The Kier molecular flexibility index (Phi) is 21.0. The highest BCUT2D eigenvalue weighted by atomic mass is 19.4. The molecule has 22 nitrogen and oxygen atoms in total. The van der Waals surface area contributed by atoms with E-state index in [2.05, 4.69) is 60.7 Å². The molecule has 520 valence electrons. The zero-order valence-electron chi connectivity index (χ0n) is 55.9. The Bertz CT molecular complexity index is 4390. The van der Waals surface area contributed by atoms with Crippen LogP contribution in [0.3, 0.4) is 0 Å². The number of amides is 1. The number of alkyl halides is 3. The van der Waals surface area contributed by atoms with E-state index >= 15 is 0 Å². The molecule has 5 N–H and O–H groups in total. The van der Waals surface area contributed by atoms with Crippen molar-refractivity contribution in [1.82, 2.24) is 74.5 Å². The summed E-state index contributed by atoms with van der Waals surface area (Å²) in [5, 5.41) is 13.4. The molecule has 4 aliphatic heterocycles. The highest BCUT2D eigenvalue weighted by Gasteiger charge is 2.44. The minimum atomic E-state index is -4.44. The molecule has 0 radical (unpaired) electrons. The number of imidazole rings is 3. The smallest absolute Gasteiger partial charge is 0.416 e. The molecule has 10 aromatic rings. The van der Waals surface area contributed by atoms with Crippen LogP contribution < -0.4 is 26.0 Å². The molecule has 27 heteroatoms. The van der Waals surface area contributed by atoms with Gasteiger partial charge in [0.25, 0.3) is 0 Å². The highest BCUT2D eigenvalue weighted by molar-refractivity contribution is 5.83. The third-order valence-electron chi connectivity index (χ3n) is 18.3. The van der Waals surface area contributed by atoms with Crippen molar-refractivity contribution in [2.24, 2.45) is 12.5 Å². The number of ether oxygens (including phenoxy) is 4. The largest absolute Gasteiger partial charge is 0.467 e. The van der Waals surface area contributed by atoms with Gasteiger partial charge in [0.2, 0.25) is 24.1 Å². The first-order valence-corrected chi connectivity index (χ1v) is 33.6. The van der Waals surface area contributed by atoms with Gasteiger partial charge >= 0.3 is 12.2 Å². The molecule has 10 heterocycles. The minimum Gasteiger partial charge on any atom is -0.467 e. The minimum absolute atomic E-state index is 0.00179. The molecule has 1 amide bonds. The summed E-state index contributed by atoms with van der Waals surface area (Å²) in [6.07, 6.45) is 7.74. The Morgan fingerprint density at radius 2 is 1.28 bits per heavy atom. The lowest BCUT2D eigenvalue weighted by Crippen LogP contribution is -2.53. The van der Waals surface area contributed by atoms with Crippen LogP contribution in [0, 0.1) is 17.0 Å². The van der Waals surface area contributed by atoms with Crippen LogP contribution in [0.2, 0.25) is 0 Å². The van der Waals surface area contributed by atoms with Crippen LogP contribution in [0.1, 0.15) is 99.4 Å². The van der Waals surface area contributed by atoms with Crippen molar-refractivity contribution in [1.29, 1.82) is 0 Å². The summed E-state index contributed by atoms with van der Waals surface area (Å²) in [6.45, 7) is 10.2. The second-order valence-corrected chi connectivity index (χ2v) is 25.6. The number of halogens is 5. The van der Waals surface area contributed by atoms with Crippen molar-refractivity contribution >= 4 is 17.8 Å². The molecule has 1 saturated carbocycles. The first-order valence-electron chi connectivity index (χ1n) is 33.6. The predicted molar refractivity (Wildman–Crippen MR) is 366 cm³/mol. The summed E-state index contributed by atoms with van der Waals surface area (Å²) in [5.74, 6) is 1.90. The van der Waals surface area contributed by atoms with Gasteiger partial charge in [-0.15, -0.1) is 0 Å². The zero-order valence-corrected chi connectivity index (χ0v) is 55.9. The Morgan fingerprint density at radius 3 is 1.94 bits per heavy atom. The van der Waals surface area contributed by atoms with Gasteiger partial charge in [0.15, 0.2) is 5.82 Å². The molecular weight excluding hydrogens is 1290 g/mol. The van der Waals surface area contributed by atoms with Gasteiger partial charge in [-0.05, 0) is 163 Å². The first-order chi connectivity index (χ1) is 48.5. The van der Waals surface area contributed by atoms with Crippen molar-refractivity contribution in [3.8, 4) is 73.9 Å². The van der Waals surface area contributed by atoms with Crippen molar-refractivity contribution in [2.45, 2.75) is 88.9 Å². The number of methoxy groups -OCH3 is 1. The van der Waals surface area contributed by atoms with Crippen LogP contribution in [0.15, 0.2) is 146 Å². The molecule has 5 fully saturated rings. The van der Waals surface area contributed by atoms with Crippen LogP contribution in [0.4, 0.5) is 33.8 Å². The fourth-order valence-electron chi connectivity index (χ4n) is 12.8. The van der Waals surface area contributed by atoms with Crippen molar-refractivity contribution in [2.75, 3.05) is 83.4 Å². The molecule has 1 aliphatic carbocycles. The second-order valence-electron chi connectivity index (χ2n) is 25.6. The molecule has 1 atom stereocenters. The number of aromatic nitrogens is 12. The SMILES string of the molecule is CC1(C(=O)N2CCOCC2)COC(c2nc(-c3ccc(F)cc3)c(-c3ccnc(NC4CC4)n3)[nH]2)OC1.COc1nccc(-c2c(-c3ccc(F)cc3)ncn2C2CCNCC2)n1.C[C@@H](Nc1nccc(-c2c(-c3cccc(C(F)(F)F)c3)nc(C3CCNCC3)n2C)n1)c1ccccc1. The Morgan fingerprint density at radius 1 is 0.660 bits per heavy atom. The van der Waals surface area contributed by atoms with Gasteiger partial charge in [-0.3, -0.25) is 4.79 Å². The average Bonchev–Trinajstić information content (AvgIpc) is 1.62. The van der Waals surface area contributed by atoms with Crippen molar-refractivity contribution < 1.29 is 45.7 Å². The number of morpholine rings is 1. The lowest BCUT2D eigenvalue weighted by atomic mass is 9.90. The maximum absolute atomic E-state index is 13.6. The molecule has 100 heavy (non-hydrogen) atoms. The van der Waals surface area contributed by atoms with Crippen LogP contribution in [0.5, 0.6) is 6.01 Å². The number of rotatable bonds is 16. The van der Waals surface area contributed by atoms with E-state index in [0.717, 1.165) is 116 Å². The Hall–Kier alpha value is -9.93. The summed E-state index contributed by atoms with van der Waals surface area (Å²) < 4.78 is 94.4. The van der Waals surface area contributed by atoms with Crippen LogP contribution >= 0.6 is 0 Å². The van der Waals surface area contributed by atoms with E-state index in [4.69, 9.17) is 33.9 Å². The maximum Gasteiger partial charge on any atom is 0.416 e. The van der Waals surface area contributed by atoms with E-state index in [-0.39, 0.29) is 42.7 Å². The summed E-state index contributed by atoms with van der Waals surface area (Å²) >= 11 is 0. The van der Waals surface area contributed by atoms with Crippen LogP contribution in [0.25, 0.3) is 67.9 Å². The molecule has 0 bridgehead atoms. The van der Waals surface area contributed by atoms with Gasteiger partial charge < -0.3 is 59.2 Å². The van der Waals surface area contributed by atoms with Gasteiger partial charge in [0.05, 0.1) is 108 Å². The van der Waals surface area contributed by atoms with Gasteiger partial charge in [-0.25, -0.2) is 48.7 Å². The summed E-state index contributed by atoms with van der Waals surface area (Å²) in [4.78, 5) is 59.4. The molecule has 4 aromatic carbocycles. The Balaban J connectivity index is 0.000000137. The molecule has 15 rings (SSSR count). The zero-order chi connectivity index (χ0) is 69.3. The number of aromatic amines is 1. The number of nitrogens with zero attached hydrogens (tertiary/aromatic N) is 12. The van der Waals surface area contributed by atoms with Gasteiger partial charge in [0.1, 0.15) is 17.5 Å². The lowest BCUT2D eigenvalue weighted by Gasteiger charge is -2.39. The normalized spacial score (nSPS) is 18.6. The van der Waals surface area contributed by atoms with E-state index < -0.39 is 23.4 Å². The predicted octanol–water partition coefficient (Wildman–Crippen LogP) is 12.4. The standard InChI is InChI=1S/C28H29F3N6.C26H29FN6O4.C19H20FN5O/c1-18(19-7-4-3-5-8-19)34-27-33-16-13-23(35-27)25-24(21-9-6-10-22(17-21)28(29,30)31)36-26(37(25)2)20-11-14-32-15-12-20;1-26(24(34)33-10-12-35-13-11-33)14-36-23(37-15-26)22-31-20(16-2-4-17(27)5-3-16)21(32-22)19-8-9-28-25(30-19)29-18-6-7-18;1-26-19-22-11-8-16(24-19)18-17(13-2-4-14(20)5-3-13)23-12-25(18)15-6-9-21-10-7-15/h3-10,13,16-18,20,32H,11-12,14-15H2,1-2H3,(H,33,34,35);2-5,8-9,18,23H,6-7,10-15H2,1H3,(H,31,32)(H,28,29,30);2-5,8,11-12,15,21H,6-7,9-10H2,1H3/t18-;;/m1../s1. The molecule has 5 aliphatic rings. The van der Waals surface area contributed by atoms with Crippen molar-refractivity contribution in [3.05, 3.63) is 181 Å². The van der Waals surface area contributed by atoms with E-state index in [9.17, 15) is 26.7 Å². The third-order valence-corrected chi connectivity index (χ3v) is 18.3. The Labute approximate surface area is 575 Å². The van der Waals surface area contributed by atoms with Gasteiger partial charge in [-0.2, -0.15) is 18.2 Å². The first kappa shape index (κ1) is 68.6. The number of carbonyl (C=O) groups excluding carboxylic acids is 1. The third kappa shape index (κ3) is 16.0. The summed E-state index contributed by atoms with van der Waals surface area (Å²) in [7, 11) is 3.46. The molecular formula is C73H78F5N17O5. The number of anilines is 2. The average molecular weight is 1370 g/mol. The molecule has 0 spiro atoms. The number of benzene rings is 4. The molecule has 6 aromatic heterocycles. The van der Waals surface area contributed by atoms with E-state index in [0.29, 0.717) is 102 Å². The highest BCUT2D eigenvalue weighted by Crippen LogP contribution is 2.41. The quantitative estimate of drug-likeness (QED) is 0.0564. The number of hydrogen-bond acceptors (Lipinski definition) is 18. The number of nitrogens with one attached hydrogen (secondary N) is 5. The molecule has 0 unspecified atom stereocenters. The number of hydrogen-bond donors (Lipinski definition) is 5. The van der Waals surface area contributed by atoms with Gasteiger partial charge in [-0.1, -0.05) is 42.5 Å². The summed E-state index contributed by atoms with van der Waals surface area (Å²) in [5.41, 5.74) is 7.65. The monoisotopic (exact) mass is 1370 g/mol. The van der Waals surface area contributed by atoms with E-state index in [1.807, 2.05) is 68.2 Å². The van der Waals surface area contributed by atoms with Crippen molar-refractivity contribution in [3.63, 3.8) is 0 Å². The van der Waals surface area contributed by atoms with Crippen LogP contribution in [-0.2, 0) is 32.2 Å². The lowest BCUT2D eigenvalue weighted by molar-refractivity contribution is -0.235. The van der Waals surface area contributed by atoms with E-state index in [1.165, 1.54) is 30.3 Å². The van der Waals surface area contributed by atoms with Gasteiger partial charge in [0, 0.05) is 73.4 Å². The van der Waals surface area contributed by atoms with E-state index in [1.54, 1.807) is 73.1 Å². The maximum atomic E-state index is 13.6. The fraction of sp³-hybridized carbons (Fsp3) is 0.370. The van der Waals surface area contributed by atoms with Crippen LogP contribution in [-0.4, -0.2) is 149 Å². The fourth-order valence-corrected chi connectivity index (χ4v) is 12.8. The molecule has 4 saturated heterocycles. The number of carbonyl (C=O) groups is 1. The summed E-state index contributed by atoms with van der Waals surface area (Å²) in [6, 6.07) is 34.3.